The van der Waals surface area contributed by atoms with Gasteiger partial charge in [0.1, 0.15) is 16.3 Å². The van der Waals surface area contributed by atoms with E-state index in [1.54, 1.807) is 23.7 Å². The molecule has 2 unspecified atom stereocenters. The number of rotatable bonds is 6. The van der Waals surface area contributed by atoms with E-state index in [0.717, 1.165) is 51.6 Å². The number of hydrogen-bond acceptors (Lipinski definition) is 8. The van der Waals surface area contributed by atoms with E-state index >= 15 is 0 Å². The Balaban J connectivity index is 1.50. The van der Waals surface area contributed by atoms with Gasteiger partial charge in [0.05, 0.1) is 22.2 Å². The van der Waals surface area contributed by atoms with Gasteiger partial charge in [0.25, 0.3) is 0 Å². The second kappa shape index (κ2) is 9.04. The molecule has 0 amide bonds. The van der Waals surface area contributed by atoms with Gasteiger partial charge >= 0.3 is 0 Å². The van der Waals surface area contributed by atoms with Crippen molar-refractivity contribution in [3.05, 3.63) is 24.2 Å². The largest absolute Gasteiger partial charge is 0.396 e. The Labute approximate surface area is 186 Å². The summed E-state index contributed by atoms with van der Waals surface area (Å²) in [6, 6.07) is 2.76. The summed E-state index contributed by atoms with van der Waals surface area (Å²) in [6.45, 7) is 2.30. The van der Waals surface area contributed by atoms with Crippen LogP contribution in [0.5, 0.6) is 0 Å². The van der Waals surface area contributed by atoms with E-state index in [9.17, 15) is 5.11 Å². The molecular weight excluding hydrogens is 408 g/mol. The number of aliphatic hydroxyl groups is 1. The molecule has 0 radical (unpaired) electrons. The van der Waals surface area contributed by atoms with Gasteiger partial charge in [0.15, 0.2) is 0 Å². The number of aryl methyl sites for hydroxylation is 1. The first kappa shape index (κ1) is 20.6. The van der Waals surface area contributed by atoms with Crippen LogP contribution < -0.4 is 10.6 Å². The van der Waals surface area contributed by atoms with Crippen molar-refractivity contribution in [3.63, 3.8) is 0 Å². The van der Waals surface area contributed by atoms with E-state index in [0.29, 0.717) is 23.9 Å². The molecule has 3 aromatic heterocycles. The molecule has 164 valence electrons. The normalized spacial score (nSPS) is 22.1. The van der Waals surface area contributed by atoms with Crippen LogP contribution >= 0.6 is 11.3 Å². The molecule has 0 saturated heterocycles. The summed E-state index contributed by atoms with van der Waals surface area (Å²) in [5.41, 5.74) is 2.81. The standard InChI is InChI=1S/C23H30N6OS/c1-14-20(22-28-18-12-24-10-9-19(18)31-22)21(26-17-8-7-15(11-17)13-30)29-23(25-14)27-16-5-3-2-4-6-16/h9-10,12,15-17,30H,2-8,11,13H2,1H3,(H2,25,26,27,29). The molecule has 0 aliphatic heterocycles. The van der Waals surface area contributed by atoms with Gasteiger partial charge in [-0.15, -0.1) is 11.3 Å². The first-order valence-corrected chi connectivity index (χ1v) is 12.2. The zero-order chi connectivity index (χ0) is 21.2. The number of thiazole rings is 1. The third kappa shape index (κ3) is 4.50. The molecule has 5 rings (SSSR count). The number of pyridine rings is 1. The lowest BCUT2D eigenvalue weighted by molar-refractivity contribution is 0.229. The topological polar surface area (TPSA) is 95.9 Å². The fourth-order valence-electron chi connectivity index (χ4n) is 4.88. The number of nitrogens with zero attached hydrogens (tertiary/aromatic N) is 4. The van der Waals surface area contributed by atoms with Gasteiger partial charge in [-0.1, -0.05) is 19.3 Å². The highest BCUT2D eigenvalue weighted by Gasteiger charge is 2.27. The molecule has 3 N–H and O–H groups in total. The average Bonchev–Trinajstić information content (AvgIpc) is 3.40. The summed E-state index contributed by atoms with van der Waals surface area (Å²) in [5, 5.41) is 17.7. The van der Waals surface area contributed by atoms with E-state index < -0.39 is 0 Å². The lowest BCUT2D eigenvalue weighted by Crippen LogP contribution is -2.25. The number of aliphatic hydroxyl groups excluding tert-OH is 1. The average molecular weight is 439 g/mol. The minimum Gasteiger partial charge on any atom is -0.396 e. The molecule has 2 aliphatic rings. The maximum absolute atomic E-state index is 9.56. The van der Waals surface area contributed by atoms with E-state index in [-0.39, 0.29) is 6.61 Å². The number of anilines is 2. The molecule has 3 aromatic rings. The fourth-order valence-corrected chi connectivity index (χ4v) is 5.91. The summed E-state index contributed by atoms with van der Waals surface area (Å²) in [6.07, 6.45) is 12.9. The Bertz CT molecular complexity index is 1010. The van der Waals surface area contributed by atoms with Crippen molar-refractivity contribution in [2.75, 3.05) is 17.2 Å². The summed E-state index contributed by atoms with van der Waals surface area (Å²) < 4.78 is 1.11. The van der Waals surface area contributed by atoms with Crippen molar-refractivity contribution in [3.8, 4) is 10.6 Å². The van der Waals surface area contributed by atoms with E-state index in [1.165, 1.54) is 32.1 Å². The number of fused-ring (bicyclic) bond motifs is 1. The van der Waals surface area contributed by atoms with Crippen molar-refractivity contribution in [1.29, 1.82) is 0 Å². The molecule has 2 atom stereocenters. The first-order valence-electron chi connectivity index (χ1n) is 11.4. The SMILES string of the molecule is Cc1nc(NC2CCCCC2)nc(NC2CCC(CO)C2)c1-c1nc2cnccc2s1. The molecule has 8 heteroatoms. The van der Waals surface area contributed by atoms with Crippen LogP contribution in [-0.2, 0) is 0 Å². The maximum atomic E-state index is 9.56. The molecule has 7 nitrogen and oxygen atoms in total. The lowest BCUT2D eigenvalue weighted by atomic mass is 9.96. The zero-order valence-electron chi connectivity index (χ0n) is 18.0. The van der Waals surface area contributed by atoms with Crippen molar-refractivity contribution in [2.45, 2.75) is 70.4 Å². The summed E-state index contributed by atoms with van der Waals surface area (Å²) in [4.78, 5) is 18.8. The van der Waals surface area contributed by atoms with Gasteiger partial charge in [-0.2, -0.15) is 4.98 Å². The molecule has 0 bridgehead atoms. The van der Waals surface area contributed by atoms with Crippen LogP contribution in [0, 0.1) is 12.8 Å². The van der Waals surface area contributed by atoms with Gasteiger partial charge < -0.3 is 15.7 Å². The Morgan fingerprint density at radius 3 is 2.68 bits per heavy atom. The first-order chi connectivity index (χ1) is 15.2. The molecule has 0 aromatic carbocycles. The Morgan fingerprint density at radius 1 is 1.03 bits per heavy atom. The Hall–Kier alpha value is -2.32. The number of hydrogen-bond donors (Lipinski definition) is 3. The minimum absolute atomic E-state index is 0.257. The smallest absolute Gasteiger partial charge is 0.225 e. The van der Waals surface area contributed by atoms with E-state index in [2.05, 4.69) is 15.6 Å². The van der Waals surface area contributed by atoms with Crippen LogP contribution in [-0.4, -0.2) is 43.7 Å². The number of aromatic nitrogens is 4. The van der Waals surface area contributed by atoms with Gasteiger partial charge in [0.2, 0.25) is 5.95 Å². The third-order valence-electron chi connectivity index (χ3n) is 6.57. The Morgan fingerprint density at radius 2 is 1.90 bits per heavy atom. The number of nitrogens with one attached hydrogen (secondary N) is 2. The predicted molar refractivity (Wildman–Crippen MR) is 126 cm³/mol. The third-order valence-corrected chi connectivity index (χ3v) is 7.63. The highest BCUT2D eigenvalue weighted by Crippen LogP contribution is 2.38. The molecule has 3 heterocycles. The molecule has 31 heavy (non-hydrogen) atoms. The maximum Gasteiger partial charge on any atom is 0.225 e. The monoisotopic (exact) mass is 438 g/mol. The molecule has 2 saturated carbocycles. The Kier molecular flexibility index (Phi) is 6.00. The lowest BCUT2D eigenvalue weighted by Gasteiger charge is -2.24. The van der Waals surface area contributed by atoms with Crippen molar-refractivity contribution < 1.29 is 5.11 Å². The summed E-state index contributed by atoms with van der Waals surface area (Å²) in [7, 11) is 0. The highest BCUT2D eigenvalue weighted by atomic mass is 32.1. The second-order valence-corrected chi connectivity index (χ2v) is 9.93. The van der Waals surface area contributed by atoms with Crippen molar-refractivity contribution in [2.24, 2.45) is 5.92 Å². The van der Waals surface area contributed by atoms with E-state index in [1.807, 2.05) is 13.0 Å². The summed E-state index contributed by atoms with van der Waals surface area (Å²) >= 11 is 1.65. The van der Waals surface area contributed by atoms with Crippen LogP contribution in [0.2, 0.25) is 0 Å². The van der Waals surface area contributed by atoms with Crippen LogP contribution in [0.3, 0.4) is 0 Å². The minimum atomic E-state index is 0.257. The summed E-state index contributed by atoms with van der Waals surface area (Å²) in [5.74, 6) is 1.92. The predicted octanol–water partition coefficient (Wildman–Crippen LogP) is 4.77. The molecule has 2 fully saturated rings. The second-order valence-electron chi connectivity index (χ2n) is 8.90. The van der Waals surface area contributed by atoms with Crippen LogP contribution in [0.15, 0.2) is 18.5 Å². The van der Waals surface area contributed by atoms with Crippen molar-refractivity contribution in [1.82, 2.24) is 19.9 Å². The zero-order valence-corrected chi connectivity index (χ0v) is 18.8. The van der Waals surface area contributed by atoms with Crippen molar-refractivity contribution >= 4 is 33.3 Å². The van der Waals surface area contributed by atoms with E-state index in [4.69, 9.17) is 15.0 Å². The van der Waals surface area contributed by atoms with Crippen LogP contribution in [0.25, 0.3) is 20.8 Å². The van der Waals surface area contributed by atoms with Gasteiger partial charge in [0, 0.05) is 24.9 Å². The molecule has 2 aliphatic carbocycles. The molecular formula is C23H30N6OS. The molecule has 0 spiro atoms. The van der Waals surface area contributed by atoms with Gasteiger partial charge in [-0.05, 0) is 51.0 Å². The fraction of sp³-hybridized carbons (Fsp3) is 0.565. The van der Waals surface area contributed by atoms with Crippen LogP contribution in [0.4, 0.5) is 11.8 Å². The van der Waals surface area contributed by atoms with Gasteiger partial charge in [-0.25, -0.2) is 9.97 Å². The highest BCUT2D eigenvalue weighted by molar-refractivity contribution is 7.21. The van der Waals surface area contributed by atoms with Crippen LogP contribution in [0.1, 0.15) is 57.1 Å². The quantitative estimate of drug-likeness (QED) is 0.510. The van der Waals surface area contributed by atoms with Gasteiger partial charge in [-0.3, -0.25) is 4.98 Å².